The van der Waals surface area contributed by atoms with Gasteiger partial charge in [-0.2, -0.15) is 0 Å². The van der Waals surface area contributed by atoms with Crippen LogP contribution in [-0.2, 0) is 17.6 Å². The van der Waals surface area contributed by atoms with Crippen LogP contribution in [0.5, 0.6) is 0 Å². The minimum Gasteiger partial charge on any atom is -0.377 e. The number of benzene rings is 1. The molecule has 0 aliphatic heterocycles. The van der Waals surface area contributed by atoms with Gasteiger partial charge in [0.05, 0.1) is 11.6 Å². The van der Waals surface area contributed by atoms with Crippen molar-refractivity contribution in [3.8, 4) is 0 Å². The molecule has 1 aliphatic carbocycles. The zero-order valence-corrected chi connectivity index (χ0v) is 13.7. The predicted molar refractivity (Wildman–Crippen MR) is 88.0 cm³/mol. The molecular formula is C18H30N2O. The van der Waals surface area contributed by atoms with Crippen LogP contribution in [0, 0.1) is 5.92 Å². The Bertz CT molecular complexity index is 421. The van der Waals surface area contributed by atoms with Crippen LogP contribution >= 0.6 is 0 Å². The van der Waals surface area contributed by atoms with E-state index in [1.54, 1.807) is 0 Å². The normalized spacial score (nSPS) is 27.5. The van der Waals surface area contributed by atoms with Crippen LogP contribution in [0.25, 0.3) is 0 Å². The second-order valence-electron chi connectivity index (χ2n) is 6.54. The molecule has 1 aromatic carbocycles. The van der Waals surface area contributed by atoms with Crippen LogP contribution in [0.2, 0.25) is 0 Å². The van der Waals surface area contributed by atoms with Gasteiger partial charge < -0.3 is 4.74 Å². The Morgan fingerprint density at radius 1 is 1.24 bits per heavy atom. The minimum absolute atomic E-state index is 0.120. The van der Waals surface area contributed by atoms with Gasteiger partial charge >= 0.3 is 0 Å². The van der Waals surface area contributed by atoms with Crippen LogP contribution in [0.4, 0.5) is 0 Å². The largest absolute Gasteiger partial charge is 0.377 e. The van der Waals surface area contributed by atoms with E-state index >= 15 is 0 Å². The number of methoxy groups -OCH3 is 1. The van der Waals surface area contributed by atoms with Crippen molar-refractivity contribution in [2.75, 3.05) is 7.11 Å². The van der Waals surface area contributed by atoms with Crippen LogP contribution < -0.4 is 11.3 Å². The first-order chi connectivity index (χ1) is 10.1. The van der Waals surface area contributed by atoms with Crippen molar-refractivity contribution >= 4 is 0 Å². The zero-order valence-electron chi connectivity index (χ0n) is 13.7. The lowest BCUT2D eigenvalue weighted by Crippen LogP contribution is -2.57. The van der Waals surface area contributed by atoms with Gasteiger partial charge in [-0.15, -0.1) is 0 Å². The maximum atomic E-state index is 5.95. The molecule has 0 bridgehead atoms. The molecule has 1 unspecified atom stereocenters. The zero-order chi connectivity index (χ0) is 15.3. The Morgan fingerprint density at radius 2 is 1.81 bits per heavy atom. The lowest BCUT2D eigenvalue weighted by atomic mass is 9.74. The fourth-order valence-electron chi connectivity index (χ4n) is 3.49. The molecule has 1 saturated carbocycles. The van der Waals surface area contributed by atoms with Crippen molar-refractivity contribution in [3.05, 3.63) is 35.4 Å². The number of hydrogen-bond acceptors (Lipinski definition) is 3. The maximum Gasteiger partial charge on any atom is 0.0847 e. The quantitative estimate of drug-likeness (QED) is 0.624. The molecule has 0 amide bonds. The van der Waals surface area contributed by atoms with E-state index in [-0.39, 0.29) is 11.6 Å². The van der Waals surface area contributed by atoms with Crippen LogP contribution in [-0.4, -0.2) is 18.8 Å². The Labute approximate surface area is 129 Å². The molecule has 3 N–H and O–H groups in total. The van der Waals surface area contributed by atoms with Gasteiger partial charge in [0, 0.05) is 7.11 Å². The third kappa shape index (κ3) is 3.85. The van der Waals surface area contributed by atoms with Crippen LogP contribution in [0.15, 0.2) is 24.3 Å². The van der Waals surface area contributed by atoms with Crippen molar-refractivity contribution in [3.63, 3.8) is 0 Å². The highest BCUT2D eigenvalue weighted by Gasteiger charge is 2.41. The van der Waals surface area contributed by atoms with Gasteiger partial charge in [-0.25, -0.2) is 0 Å². The van der Waals surface area contributed by atoms with E-state index in [4.69, 9.17) is 10.6 Å². The molecular weight excluding hydrogens is 260 g/mol. The molecule has 1 aliphatic rings. The molecule has 0 radical (unpaired) electrons. The van der Waals surface area contributed by atoms with E-state index in [2.05, 4.69) is 43.5 Å². The maximum absolute atomic E-state index is 5.95. The number of nitrogens with two attached hydrogens (primary N) is 1. The summed E-state index contributed by atoms with van der Waals surface area (Å²) >= 11 is 0. The van der Waals surface area contributed by atoms with Crippen molar-refractivity contribution in [1.29, 1.82) is 0 Å². The predicted octanol–water partition coefficient (Wildman–Crippen LogP) is 3.22. The van der Waals surface area contributed by atoms with E-state index < -0.39 is 0 Å². The number of hydrazine groups is 1. The molecule has 1 aromatic rings. The molecule has 3 nitrogen and oxygen atoms in total. The topological polar surface area (TPSA) is 47.3 Å². The highest BCUT2D eigenvalue weighted by atomic mass is 16.5. The standard InChI is InChI=1S/C18H30N2O/c1-4-15-5-7-16(8-6-15)13-17(20-19)18(21-3)11-9-14(2)10-12-18/h5-8,14,17,20H,4,9-13,19H2,1-3H3. The molecule has 0 saturated heterocycles. The summed E-state index contributed by atoms with van der Waals surface area (Å²) in [6.45, 7) is 4.51. The summed E-state index contributed by atoms with van der Waals surface area (Å²) in [5.74, 6) is 6.67. The summed E-state index contributed by atoms with van der Waals surface area (Å²) in [4.78, 5) is 0. The molecule has 0 heterocycles. The van der Waals surface area contributed by atoms with E-state index in [1.807, 2.05) is 7.11 Å². The van der Waals surface area contributed by atoms with Crippen molar-refractivity contribution in [2.45, 2.75) is 64.0 Å². The van der Waals surface area contributed by atoms with E-state index in [9.17, 15) is 0 Å². The summed E-state index contributed by atoms with van der Waals surface area (Å²) in [5, 5.41) is 0. The molecule has 0 spiro atoms. The van der Waals surface area contributed by atoms with Crippen LogP contribution in [0.3, 0.4) is 0 Å². The van der Waals surface area contributed by atoms with Gasteiger partial charge in [-0.05, 0) is 55.6 Å². The number of hydrogen-bond donors (Lipinski definition) is 2. The number of ether oxygens (including phenoxy) is 1. The first kappa shape index (κ1) is 16.5. The Balaban J connectivity index is 2.09. The molecule has 0 aromatic heterocycles. The second kappa shape index (κ2) is 7.39. The number of nitrogens with one attached hydrogen (secondary N) is 1. The van der Waals surface area contributed by atoms with E-state index in [0.29, 0.717) is 0 Å². The third-order valence-corrected chi connectivity index (χ3v) is 5.23. The molecule has 3 heteroatoms. The second-order valence-corrected chi connectivity index (χ2v) is 6.54. The summed E-state index contributed by atoms with van der Waals surface area (Å²) in [6.07, 6.45) is 6.63. The molecule has 21 heavy (non-hydrogen) atoms. The molecule has 1 atom stereocenters. The first-order valence-corrected chi connectivity index (χ1v) is 8.22. The van der Waals surface area contributed by atoms with Crippen LogP contribution in [0.1, 0.15) is 50.7 Å². The number of rotatable bonds is 6. The first-order valence-electron chi connectivity index (χ1n) is 8.22. The minimum atomic E-state index is -0.120. The summed E-state index contributed by atoms with van der Waals surface area (Å²) in [7, 11) is 1.83. The smallest absolute Gasteiger partial charge is 0.0847 e. The molecule has 118 valence electrons. The lowest BCUT2D eigenvalue weighted by molar-refractivity contribution is -0.0746. The fourth-order valence-corrected chi connectivity index (χ4v) is 3.49. The lowest BCUT2D eigenvalue weighted by Gasteiger charge is -2.44. The fraction of sp³-hybridized carbons (Fsp3) is 0.667. The average molecular weight is 290 g/mol. The third-order valence-electron chi connectivity index (χ3n) is 5.23. The summed E-state index contributed by atoms with van der Waals surface area (Å²) < 4.78 is 5.95. The van der Waals surface area contributed by atoms with Gasteiger partial charge in [0.25, 0.3) is 0 Å². The molecule has 1 fully saturated rings. The van der Waals surface area contributed by atoms with E-state index in [1.165, 1.54) is 24.0 Å². The SMILES string of the molecule is CCc1ccc(CC(NN)C2(OC)CCC(C)CC2)cc1. The average Bonchev–Trinajstić information content (AvgIpc) is 2.54. The van der Waals surface area contributed by atoms with Gasteiger partial charge in [-0.1, -0.05) is 38.1 Å². The number of aryl methyl sites for hydroxylation is 1. The van der Waals surface area contributed by atoms with E-state index in [0.717, 1.165) is 31.6 Å². The van der Waals surface area contributed by atoms with Crippen molar-refractivity contribution < 1.29 is 4.74 Å². The van der Waals surface area contributed by atoms with Gasteiger partial charge in [0.1, 0.15) is 0 Å². The van der Waals surface area contributed by atoms with Crippen molar-refractivity contribution in [2.24, 2.45) is 11.8 Å². The summed E-state index contributed by atoms with van der Waals surface area (Å²) in [5.41, 5.74) is 5.61. The van der Waals surface area contributed by atoms with Gasteiger partial charge in [0.15, 0.2) is 0 Å². The Morgan fingerprint density at radius 3 is 2.29 bits per heavy atom. The van der Waals surface area contributed by atoms with Gasteiger partial charge in [-0.3, -0.25) is 11.3 Å². The molecule has 2 rings (SSSR count). The van der Waals surface area contributed by atoms with Gasteiger partial charge in [0.2, 0.25) is 0 Å². The monoisotopic (exact) mass is 290 g/mol. The highest BCUT2D eigenvalue weighted by molar-refractivity contribution is 5.24. The Kier molecular flexibility index (Phi) is 5.80. The summed E-state index contributed by atoms with van der Waals surface area (Å²) in [6, 6.07) is 9.04. The Hall–Kier alpha value is -0.900. The highest BCUT2D eigenvalue weighted by Crippen LogP contribution is 2.37. The van der Waals surface area contributed by atoms with Crippen molar-refractivity contribution in [1.82, 2.24) is 5.43 Å².